The third kappa shape index (κ3) is 4.23. The molecule has 1 fully saturated rings. The van der Waals surface area contributed by atoms with Gasteiger partial charge in [-0.25, -0.2) is 0 Å². The summed E-state index contributed by atoms with van der Waals surface area (Å²) in [6.45, 7) is 2.26. The Morgan fingerprint density at radius 3 is 2.43 bits per heavy atom. The summed E-state index contributed by atoms with van der Waals surface area (Å²) in [6, 6.07) is 15.4. The van der Waals surface area contributed by atoms with E-state index in [1.54, 1.807) is 12.1 Å². The number of para-hydroxylation sites is 1. The van der Waals surface area contributed by atoms with E-state index in [1.165, 1.54) is 6.42 Å². The zero-order valence-corrected chi connectivity index (χ0v) is 17.3. The summed E-state index contributed by atoms with van der Waals surface area (Å²) in [5, 5.41) is 8.93. The standard InChI is InChI=1S/C25H27N3O2/c26-18-20-11-9-19(10-12-20)13-14-23(29)28-17-5-7-21-6-4-8-22(24(21)28)25(30)27-15-2-1-3-16-27/h4,6,8-12H,1-3,5,7,13-17H2. The van der Waals surface area contributed by atoms with Gasteiger partial charge in [0.1, 0.15) is 0 Å². The number of nitriles is 1. The Kier molecular flexibility index (Phi) is 6.13. The topological polar surface area (TPSA) is 64.4 Å². The van der Waals surface area contributed by atoms with Crippen LogP contribution in [0.2, 0.25) is 0 Å². The second kappa shape index (κ2) is 9.13. The van der Waals surface area contributed by atoms with Crippen LogP contribution in [0.3, 0.4) is 0 Å². The Morgan fingerprint density at radius 2 is 1.70 bits per heavy atom. The van der Waals surface area contributed by atoms with Gasteiger partial charge >= 0.3 is 0 Å². The maximum Gasteiger partial charge on any atom is 0.255 e. The molecule has 2 aliphatic rings. The van der Waals surface area contributed by atoms with Crippen molar-refractivity contribution in [3.05, 3.63) is 64.7 Å². The van der Waals surface area contributed by atoms with Gasteiger partial charge < -0.3 is 9.80 Å². The highest BCUT2D eigenvalue weighted by atomic mass is 16.2. The van der Waals surface area contributed by atoms with Crippen LogP contribution >= 0.6 is 0 Å². The van der Waals surface area contributed by atoms with Crippen molar-refractivity contribution < 1.29 is 9.59 Å². The van der Waals surface area contributed by atoms with E-state index in [0.717, 1.165) is 55.6 Å². The summed E-state index contributed by atoms with van der Waals surface area (Å²) < 4.78 is 0. The number of carbonyl (C=O) groups excluding carboxylic acids is 2. The fourth-order valence-electron chi connectivity index (χ4n) is 4.47. The predicted molar refractivity (Wildman–Crippen MR) is 116 cm³/mol. The van der Waals surface area contributed by atoms with Gasteiger partial charge in [0, 0.05) is 26.1 Å². The number of hydrogen-bond donors (Lipinski definition) is 0. The predicted octanol–water partition coefficient (Wildman–Crippen LogP) is 4.10. The average Bonchev–Trinajstić information content (AvgIpc) is 2.82. The lowest BCUT2D eigenvalue weighted by molar-refractivity contribution is -0.118. The fraction of sp³-hybridized carbons (Fsp3) is 0.400. The molecule has 5 nitrogen and oxygen atoms in total. The Labute approximate surface area is 177 Å². The number of rotatable bonds is 4. The zero-order chi connectivity index (χ0) is 20.9. The quantitative estimate of drug-likeness (QED) is 0.775. The van der Waals surface area contributed by atoms with E-state index in [-0.39, 0.29) is 11.8 Å². The van der Waals surface area contributed by atoms with Gasteiger partial charge in [0.25, 0.3) is 5.91 Å². The molecule has 2 aliphatic heterocycles. The number of likely N-dealkylation sites (tertiary alicyclic amines) is 1. The summed E-state index contributed by atoms with van der Waals surface area (Å²) in [7, 11) is 0. The maximum absolute atomic E-state index is 13.2. The third-order valence-electron chi connectivity index (χ3n) is 6.10. The van der Waals surface area contributed by atoms with E-state index in [2.05, 4.69) is 6.07 Å². The lowest BCUT2D eigenvalue weighted by atomic mass is 9.95. The molecule has 5 heteroatoms. The van der Waals surface area contributed by atoms with Crippen molar-refractivity contribution in [1.82, 2.24) is 4.90 Å². The maximum atomic E-state index is 13.2. The molecule has 0 N–H and O–H groups in total. The summed E-state index contributed by atoms with van der Waals surface area (Å²) in [6.07, 6.45) is 6.10. The van der Waals surface area contributed by atoms with Crippen LogP contribution < -0.4 is 4.90 Å². The molecule has 0 unspecified atom stereocenters. The van der Waals surface area contributed by atoms with E-state index < -0.39 is 0 Å². The molecule has 2 aromatic carbocycles. The van der Waals surface area contributed by atoms with Gasteiger partial charge in [0.2, 0.25) is 5.91 Å². The molecule has 0 bridgehead atoms. The van der Waals surface area contributed by atoms with E-state index in [4.69, 9.17) is 5.26 Å². The van der Waals surface area contributed by atoms with Crippen LogP contribution in [0.4, 0.5) is 5.69 Å². The molecule has 0 aliphatic carbocycles. The van der Waals surface area contributed by atoms with E-state index >= 15 is 0 Å². The van der Waals surface area contributed by atoms with Gasteiger partial charge in [-0.1, -0.05) is 24.3 Å². The number of aryl methyl sites for hydroxylation is 2. The van der Waals surface area contributed by atoms with Gasteiger partial charge in [-0.3, -0.25) is 9.59 Å². The van der Waals surface area contributed by atoms with Crippen LogP contribution in [-0.2, 0) is 17.6 Å². The molecule has 30 heavy (non-hydrogen) atoms. The van der Waals surface area contributed by atoms with Crippen LogP contribution in [0.25, 0.3) is 0 Å². The minimum Gasteiger partial charge on any atom is -0.339 e. The number of carbonyl (C=O) groups is 2. The molecule has 0 saturated carbocycles. The van der Waals surface area contributed by atoms with Gasteiger partial charge in [0.15, 0.2) is 0 Å². The minimum atomic E-state index is 0.0540. The van der Waals surface area contributed by atoms with E-state index in [9.17, 15) is 9.59 Å². The van der Waals surface area contributed by atoms with Crippen LogP contribution in [0.15, 0.2) is 42.5 Å². The first-order chi connectivity index (χ1) is 14.7. The number of piperidine rings is 1. The number of amides is 2. The molecular weight excluding hydrogens is 374 g/mol. The summed E-state index contributed by atoms with van der Waals surface area (Å²) in [5.41, 5.74) is 4.24. The van der Waals surface area contributed by atoms with Crippen molar-refractivity contribution >= 4 is 17.5 Å². The first-order valence-electron chi connectivity index (χ1n) is 10.9. The molecule has 2 amide bonds. The van der Waals surface area contributed by atoms with Crippen LogP contribution in [0.5, 0.6) is 0 Å². The highest BCUT2D eigenvalue weighted by molar-refractivity contribution is 6.06. The monoisotopic (exact) mass is 401 g/mol. The second-order valence-corrected chi connectivity index (χ2v) is 8.12. The summed E-state index contributed by atoms with van der Waals surface area (Å²) in [4.78, 5) is 30.2. The van der Waals surface area contributed by atoms with E-state index in [1.807, 2.05) is 40.1 Å². The number of fused-ring (bicyclic) bond motifs is 1. The van der Waals surface area contributed by atoms with Crippen LogP contribution in [0.1, 0.15) is 59.2 Å². The Bertz CT molecular complexity index is 969. The van der Waals surface area contributed by atoms with Crippen molar-refractivity contribution in [2.45, 2.75) is 44.9 Å². The molecule has 2 heterocycles. The molecule has 0 atom stereocenters. The normalized spacial score (nSPS) is 16.0. The smallest absolute Gasteiger partial charge is 0.255 e. The van der Waals surface area contributed by atoms with Gasteiger partial charge in [-0.2, -0.15) is 5.26 Å². The second-order valence-electron chi connectivity index (χ2n) is 8.12. The Morgan fingerprint density at radius 1 is 0.933 bits per heavy atom. The molecule has 154 valence electrons. The van der Waals surface area contributed by atoms with Crippen molar-refractivity contribution in [2.75, 3.05) is 24.5 Å². The molecule has 0 spiro atoms. The Hall–Kier alpha value is -3.13. The number of anilines is 1. The molecule has 1 saturated heterocycles. The van der Waals surface area contributed by atoms with Crippen LogP contribution in [0, 0.1) is 11.3 Å². The largest absolute Gasteiger partial charge is 0.339 e. The van der Waals surface area contributed by atoms with Crippen LogP contribution in [-0.4, -0.2) is 36.3 Å². The zero-order valence-electron chi connectivity index (χ0n) is 17.3. The molecule has 2 aromatic rings. The van der Waals surface area contributed by atoms with Gasteiger partial charge in [-0.15, -0.1) is 0 Å². The highest BCUT2D eigenvalue weighted by Gasteiger charge is 2.29. The Balaban J connectivity index is 1.53. The lowest BCUT2D eigenvalue weighted by Crippen LogP contribution is -2.40. The lowest BCUT2D eigenvalue weighted by Gasteiger charge is -2.33. The molecule has 4 rings (SSSR count). The van der Waals surface area contributed by atoms with Gasteiger partial charge in [-0.05, 0) is 67.9 Å². The summed E-state index contributed by atoms with van der Waals surface area (Å²) in [5.74, 6) is 0.109. The molecule has 0 aromatic heterocycles. The highest BCUT2D eigenvalue weighted by Crippen LogP contribution is 2.33. The van der Waals surface area contributed by atoms with E-state index in [0.29, 0.717) is 30.5 Å². The fourth-order valence-corrected chi connectivity index (χ4v) is 4.47. The average molecular weight is 402 g/mol. The number of nitrogens with zero attached hydrogens (tertiary/aromatic N) is 3. The van der Waals surface area contributed by atoms with Crippen molar-refractivity contribution in [2.24, 2.45) is 0 Å². The first kappa shape index (κ1) is 20.2. The van der Waals surface area contributed by atoms with Crippen molar-refractivity contribution in [3.63, 3.8) is 0 Å². The summed E-state index contributed by atoms with van der Waals surface area (Å²) >= 11 is 0. The van der Waals surface area contributed by atoms with Crippen molar-refractivity contribution in [1.29, 1.82) is 5.26 Å². The minimum absolute atomic E-state index is 0.0540. The molecule has 0 radical (unpaired) electrons. The number of benzene rings is 2. The SMILES string of the molecule is N#Cc1ccc(CCC(=O)N2CCCc3cccc(C(=O)N4CCCCC4)c32)cc1. The molecular formula is C25H27N3O2. The third-order valence-corrected chi connectivity index (χ3v) is 6.10. The first-order valence-corrected chi connectivity index (χ1v) is 10.9. The number of hydrogen-bond acceptors (Lipinski definition) is 3. The van der Waals surface area contributed by atoms with Gasteiger partial charge in [0.05, 0.1) is 22.9 Å². The van der Waals surface area contributed by atoms with Crippen molar-refractivity contribution in [3.8, 4) is 6.07 Å².